The van der Waals surface area contributed by atoms with Crippen LogP contribution in [0.1, 0.15) is 15.9 Å². The monoisotopic (exact) mass is 434 g/mol. The molecule has 154 valence electrons. The summed E-state index contributed by atoms with van der Waals surface area (Å²) in [5.74, 6) is -0.152. The van der Waals surface area contributed by atoms with E-state index in [0.717, 1.165) is 11.1 Å². The van der Waals surface area contributed by atoms with Crippen molar-refractivity contribution in [2.45, 2.75) is 6.92 Å². The SMILES string of the molecule is Cc1ccc(C(=O)O)cc1-n1c(-c2ccc(Cl)cc2)nnc1-c1ccc([N+](=O)[O-])cc1. The molecular formula is C22H15ClN4O4. The molecule has 0 aliphatic heterocycles. The first kappa shape index (κ1) is 20.2. The number of carboxylic acids is 1. The van der Waals surface area contributed by atoms with Gasteiger partial charge in [0.05, 0.1) is 16.2 Å². The van der Waals surface area contributed by atoms with Crippen LogP contribution in [0.3, 0.4) is 0 Å². The lowest BCUT2D eigenvalue weighted by atomic mass is 10.1. The number of carboxylic acid groups (broad SMARTS) is 1. The molecule has 0 bridgehead atoms. The Morgan fingerprint density at radius 1 is 0.968 bits per heavy atom. The van der Waals surface area contributed by atoms with Crippen molar-refractivity contribution in [1.29, 1.82) is 0 Å². The molecule has 1 N–H and O–H groups in total. The van der Waals surface area contributed by atoms with E-state index in [1.807, 2.05) is 6.92 Å². The third-order valence-electron chi connectivity index (χ3n) is 4.80. The van der Waals surface area contributed by atoms with Crippen LogP contribution in [0.5, 0.6) is 0 Å². The first-order valence-electron chi connectivity index (χ1n) is 9.15. The number of hydrogen-bond donors (Lipinski definition) is 1. The van der Waals surface area contributed by atoms with Crippen molar-refractivity contribution in [2.75, 3.05) is 0 Å². The molecule has 0 amide bonds. The fourth-order valence-electron chi connectivity index (χ4n) is 3.20. The third kappa shape index (κ3) is 3.88. The molecule has 0 saturated carbocycles. The van der Waals surface area contributed by atoms with E-state index in [4.69, 9.17) is 11.6 Å². The molecule has 4 aromatic rings. The fourth-order valence-corrected chi connectivity index (χ4v) is 3.33. The van der Waals surface area contributed by atoms with Crippen molar-refractivity contribution in [1.82, 2.24) is 14.8 Å². The number of halogens is 1. The van der Waals surface area contributed by atoms with Gasteiger partial charge in [-0.3, -0.25) is 14.7 Å². The number of non-ortho nitro benzene ring substituents is 1. The van der Waals surface area contributed by atoms with Gasteiger partial charge in [0.1, 0.15) is 0 Å². The van der Waals surface area contributed by atoms with Crippen LogP contribution in [-0.4, -0.2) is 30.8 Å². The molecule has 0 atom stereocenters. The highest BCUT2D eigenvalue weighted by Gasteiger charge is 2.20. The summed E-state index contributed by atoms with van der Waals surface area (Å²) in [6.07, 6.45) is 0. The normalized spacial score (nSPS) is 10.8. The van der Waals surface area contributed by atoms with E-state index in [0.29, 0.717) is 27.9 Å². The Bertz CT molecular complexity index is 1300. The zero-order valence-corrected chi connectivity index (χ0v) is 16.9. The van der Waals surface area contributed by atoms with E-state index in [1.165, 1.54) is 18.2 Å². The summed E-state index contributed by atoms with van der Waals surface area (Å²) in [6.45, 7) is 1.85. The Morgan fingerprint density at radius 3 is 2.03 bits per heavy atom. The number of aromatic carboxylic acids is 1. The number of carbonyl (C=O) groups is 1. The summed E-state index contributed by atoms with van der Waals surface area (Å²) in [5, 5.41) is 29.7. The van der Waals surface area contributed by atoms with Crippen molar-refractivity contribution in [2.24, 2.45) is 0 Å². The summed E-state index contributed by atoms with van der Waals surface area (Å²) < 4.78 is 1.74. The van der Waals surface area contributed by atoms with Crippen LogP contribution in [0.25, 0.3) is 28.5 Å². The molecule has 3 aromatic carbocycles. The van der Waals surface area contributed by atoms with E-state index < -0.39 is 10.9 Å². The van der Waals surface area contributed by atoms with Gasteiger partial charge in [0, 0.05) is 28.3 Å². The molecule has 0 fully saturated rings. The lowest BCUT2D eigenvalue weighted by Crippen LogP contribution is -2.05. The number of aryl methyl sites for hydroxylation is 1. The van der Waals surface area contributed by atoms with Crippen LogP contribution in [-0.2, 0) is 0 Å². The Balaban J connectivity index is 1.97. The van der Waals surface area contributed by atoms with E-state index in [9.17, 15) is 20.0 Å². The largest absolute Gasteiger partial charge is 0.478 e. The maximum Gasteiger partial charge on any atom is 0.335 e. The van der Waals surface area contributed by atoms with Gasteiger partial charge in [-0.1, -0.05) is 17.7 Å². The van der Waals surface area contributed by atoms with Crippen LogP contribution in [0.15, 0.2) is 66.7 Å². The molecular weight excluding hydrogens is 420 g/mol. The molecule has 0 saturated heterocycles. The number of nitrogens with zero attached hydrogens (tertiary/aromatic N) is 4. The predicted octanol–water partition coefficient (Wildman–Crippen LogP) is 5.17. The van der Waals surface area contributed by atoms with Gasteiger partial charge in [-0.2, -0.15) is 0 Å². The highest BCUT2D eigenvalue weighted by Crippen LogP contribution is 2.31. The van der Waals surface area contributed by atoms with Crippen LogP contribution < -0.4 is 0 Å². The summed E-state index contributed by atoms with van der Waals surface area (Å²) in [7, 11) is 0. The second-order valence-electron chi connectivity index (χ2n) is 6.80. The topological polar surface area (TPSA) is 111 Å². The minimum atomic E-state index is -1.06. The molecule has 8 nitrogen and oxygen atoms in total. The van der Waals surface area contributed by atoms with Crippen molar-refractivity contribution in [3.8, 4) is 28.5 Å². The maximum absolute atomic E-state index is 11.6. The molecule has 0 unspecified atom stereocenters. The summed E-state index contributed by atoms with van der Waals surface area (Å²) in [5.41, 5.74) is 2.79. The zero-order valence-electron chi connectivity index (χ0n) is 16.2. The molecule has 0 aliphatic carbocycles. The van der Waals surface area contributed by atoms with Crippen molar-refractivity contribution in [3.05, 3.63) is 93.0 Å². The van der Waals surface area contributed by atoms with Gasteiger partial charge in [-0.05, 0) is 61.0 Å². The number of aromatic nitrogens is 3. The minimum absolute atomic E-state index is 0.0446. The molecule has 0 spiro atoms. The summed E-state index contributed by atoms with van der Waals surface area (Å²) in [6, 6.07) is 17.8. The van der Waals surface area contributed by atoms with Crippen LogP contribution in [0.2, 0.25) is 5.02 Å². The van der Waals surface area contributed by atoms with Crippen LogP contribution in [0, 0.1) is 17.0 Å². The Morgan fingerprint density at radius 2 is 1.52 bits per heavy atom. The summed E-state index contributed by atoms with van der Waals surface area (Å²) >= 11 is 6.02. The third-order valence-corrected chi connectivity index (χ3v) is 5.05. The number of hydrogen-bond acceptors (Lipinski definition) is 5. The molecule has 0 aliphatic rings. The first-order valence-corrected chi connectivity index (χ1v) is 9.53. The molecule has 0 radical (unpaired) electrons. The van der Waals surface area contributed by atoms with Crippen molar-refractivity contribution < 1.29 is 14.8 Å². The highest BCUT2D eigenvalue weighted by molar-refractivity contribution is 6.30. The summed E-state index contributed by atoms with van der Waals surface area (Å²) in [4.78, 5) is 22.1. The lowest BCUT2D eigenvalue weighted by Gasteiger charge is -2.14. The minimum Gasteiger partial charge on any atom is -0.478 e. The molecule has 1 heterocycles. The Labute approximate surface area is 181 Å². The number of nitro benzene ring substituents is 1. The molecule has 31 heavy (non-hydrogen) atoms. The van der Waals surface area contributed by atoms with Gasteiger partial charge < -0.3 is 5.11 Å². The average Bonchev–Trinajstić information content (AvgIpc) is 3.19. The van der Waals surface area contributed by atoms with Crippen molar-refractivity contribution in [3.63, 3.8) is 0 Å². The lowest BCUT2D eigenvalue weighted by molar-refractivity contribution is -0.384. The fraction of sp³-hybridized carbons (Fsp3) is 0.0455. The van der Waals surface area contributed by atoms with E-state index in [1.54, 1.807) is 53.1 Å². The van der Waals surface area contributed by atoms with E-state index >= 15 is 0 Å². The molecule has 4 rings (SSSR count). The Kier molecular flexibility index (Phi) is 5.22. The molecule has 9 heteroatoms. The van der Waals surface area contributed by atoms with Gasteiger partial charge >= 0.3 is 5.97 Å². The predicted molar refractivity (Wildman–Crippen MR) is 116 cm³/mol. The Hall–Kier alpha value is -4.04. The van der Waals surface area contributed by atoms with Crippen LogP contribution >= 0.6 is 11.6 Å². The number of benzene rings is 3. The number of nitro groups is 1. The van der Waals surface area contributed by atoms with Gasteiger partial charge in [-0.25, -0.2) is 4.79 Å². The van der Waals surface area contributed by atoms with Crippen molar-refractivity contribution >= 4 is 23.3 Å². The zero-order chi connectivity index (χ0) is 22.1. The highest BCUT2D eigenvalue weighted by atomic mass is 35.5. The second kappa shape index (κ2) is 8.00. The van der Waals surface area contributed by atoms with Crippen LogP contribution in [0.4, 0.5) is 5.69 Å². The van der Waals surface area contributed by atoms with Gasteiger partial charge in [0.2, 0.25) is 0 Å². The smallest absolute Gasteiger partial charge is 0.335 e. The maximum atomic E-state index is 11.6. The first-order chi connectivity index (χ1) is 14.8. The van der Waals surface area contributed by atoms with E-state index in [2.05, 4.69) is 10.2 Å². The van der Waals surface area contributed by atoms with Gasteiger partial charge in [0.15, 0.2) is 11.6 Å². The average molecular weight is 435 g/mol. The van der Waals surface area contributed by atoms with E-state index in [-0.39, 0.29) is 11.3 Å². The van der Waals surface area contributed by atoms with Gasteiger partial charge in [-0.15, -0.1) is 10.2 Å². The second-order valence-corrected chi connectivity index (χ2v) is 7.24. The van der Waals surface area contributed by atoms with Gasteiger partial charge in [0.25, 0.3) is 5.69 Å². The molecule has 1 aromatic heterocycles. The quantitative estimate of drug-likeness (QED) is 0.342. The number of rotatable bonds is 5. The standard InChI is InChI=1S/C22H15ClN4O4/c1-13-2-3-16(22(28)29)12-19(13)26-20(14-4-8-17(23)9-5-14)24-25-21(26)15-6-10-18(11-7-15)27(30)31/h2-12H,1H3,(H,28,29).